The fourth-order valence-electron chi connectivity index (χ4n) is 1.46. The third-order valence-electron chi connectivity index (χ3n) is 2.35. The number of carbonyl (C=O) groups excluding carboxylic acids is 1. The number of ether oxygens (including phenoxy) is 1. The van der Waals surface area contributed by atoms with Gasteiger partial charge >= 0.3 is 0 Å². The van der Waals surface area contributed by atoms with Crippen molar-refractivity contribution in [3.63, 3.8) is 0 Å². The third-order valence-corrected chi connectivity index (χ3v) is 3.57. The minimum atomic E-state index is -0.273. The van der Waals surface area contributed by atoms with E-state index in [9.17, 15) is 4.79 Å². The number of benzene rings is 1. The molecule has 0 atom stereocenters. The van der Waals surface area contributed by atoms with E-state index in [4.69, 9.17) is 32.4 Å². The van der Waals surface area contributed by atoms with E-state index >= 15 is 0 Å². The van der Waals surface area contributed by atoms with Crippen LogP contribution in [0.3, 0.4) is 0 Å². The van der Waals surface area contributed by atoms with Crippen LogP contribution in [0.25, 0.3) is 0 Å². The van der Waals surface area contributed by atoms with E-state index in [1.165, 1.54) is 25.5 Å². The Labute approximate surface area is 122 Å². The molecule has 1 aromatic carbocycles. The maximum atomic E-state index is 12.2. The number of carbonyl (C=O) groups is 1. The number of rotatable bonds is 3. The quantitative estimate of drug-likeness (QED) is 0.761. The molecule has 0 aliphatic heterocycles. The van der Waals surface area contributed by atoms with Crippen molar-refractivity contribution in [2.24, 2.45) is 0 Å². The molecule has 0 spiro atoms. The van der Waals surface area contributed by atoms with Gasteiger partial charge in [0.05, 0.1) is 29.0 Å². The minimum absolute atomic E-state index is 0.273. The van der Waals surface area contributed by atoms with Gasteiger partial charge in [-0.2, -0.15) is 0 Å². The van der Waals surface area contributed by atoms with E-state index in [1.807, 2.05) is 0 Å². The van der Waals surface area contributed by atoms with Gasteiger partial charge < -0.3 is 9.15 Å². The molecule has 3 nitrogen and oxygen atoms in total. The van der Waals surface area contributed by atoms with E-state index in [-0.39, 0.29) is 10.8 Å². The number of hydrogen-bond donors (Lipinski definition) is 0. The molecule has 1 aromatic heterocycles. The van der Waals surface area contributed by atoms with Crippen molar-refractivity contribution in [3.8, 4) is 5.75 Å². The van der Waals surface area contributed by atoms with Crippen LogP contribution in [0.1, 0.15) is 15.9 Å². The summed E-state index contributed by atoms with van der Waals surface area (Å²) in [5, 5.41) is 0.596. The van der Waals surface area contributed by atoms with Crippen LogP contribution in [0.15, 0.2) is 33.5 Å². The van der Waals surface area contributed by atoms with Crippen molar-refractivity contribution < 1.29 is 13.9 Å². The first-order valence-corrected chi connectivity index (χ1v) is 6.40. The van der Waals surface area contributed by atoms with Crippen LogP contribution in [-0.4, -0.2) is 12.9 Å². The lowest BCUT2D eigenvalue weighted by Crippen LogP contribution is -2.02. The van der Waals surface area contributed by atoms with Gasteiger partial charge in [0.2, 0.25) is 0 Å². The molecular formula is C12H7BrCl2O3. The highest BCUT2D eigenvalue weighted by atomic mass is 79.9. The van der Waals surface area contributed by atoms with Crippen LogP contribution in [0, 0.1) is 0 Å². The summed E-state index contributed by atoms with van der Waals surface area (Å²) in [6.07, 6.45) is 1.41. The summed E-state index contributed by atoms with van der Waals surface area (Å²) in [7, 11) is 1.48. The molecule has 2 rings (SSSR count). The summed E-state index contributed by atoms with van der Waals surface area (Å²) in [5.41, 5.74) is 0.683. The molecule has 0 unspecified atom stereocenters. The highest BCUT2D eigenvalue weighted by Crippen LogP contribution is 2.33. The van der Waals surface area contributed by atoms with E-state index in [1.54, 1.807) is 6.07 Å². The van der Waals surface area contributed by atoms with Crippen LogP contribution in [0.4, 0.5) is 0 Å². The van der Waals surface area contributed by atoms with Gasteiger partial charge in [0.25, 0.3) is 0 Å². The topological polar surface area (TPSA) is 39.4 Å². The second kappa shape index (κ2) is 5.34. The molecule has 0 aliphatic carbocycles. The van der Waals surface area contributed by atoms with Crippen molar-refractivity contribution in [2.75, 3.05) is 7.11 Å². The van der Waals surface area contributed by atoms with Crippen LogP contribution >= 0.6 is 39.1 Å². The minimum Gasteiger partial charge on any atom is -0.495 e. The largest absolute Gasteiger partial charge is 0.495 e. The summed E-state index contributed by atoms with van der Waals surface area (Å²) >= 11 is 15.2. The van der Waals surface area contributed by atoms with Crippen molar-refractivity contribution in [2.45, 2.75) is 0 Å². The van der Waals surface area contributed by atoms with E-state index in [0.717, 1.165) is 0 Å². The maximum absolute atomic E-state index is 12.2. The Balaban J connectivity index is 2.49. The zero-order chi connectivity index (χ0) is 13.3. The molecule has 0 saturated heterocycles. The van der Waals surface area contributed by atoms with E-state index < -0.39 is 0 Å². The number of hydrogen-bond acceptors (Lipinski definition) is 3. The fourth-order valence-corrected chi connectivity index (χ4v) is 2.36. The van der Waals surface area contributed by atoms with Crippen LogP contribution < -0.4 is 4.74 Å². The lowest BCUT2D eigenvalue weighted by Gasteiger charge is -2.07. The maximum Gasteiger partial charge on any atom is 0.199 e. The van der Waals surface area contributed by atoms with Crippen molar-refractivity contribution in [1.29, 1.82) is 0 Å². The predicted octanol–water partition coefficient (Wildman–Crippen LogP) is 4.59. The number of ketones is 1. The number of furan rings is 1. The summed E-state index contributed by atoms with van der Waals surface area (Å²) in [4.78, 5) is 12.2. The summed E-state index contributed by atoms with van der Waals surface area (Å²) in [6.45, 7) is 0. The monoisotopic (exact) mass is 348 g/mol. The lowest BCUT2D eigenvalue weighted by molar-refractivity contribution is 0.103. The normalized spacial score (nSPS) is 10.4. The van der Waals surface area contributed by atoms with E-state index in [2.05, 4.69) is 15.9 Å². The van der Waals surface area contributed by atoms with Gasteiger partial charge in [-0.3, -0.25) is 4.79 Å². The average molecular weight is 350 g/mol. The summed E-state index contributed by atoms with van der Waals surface area (Å²) in [5.74, 6) is 0.148. The molecule has 6 heteroatoms. The van der Waals surface area contributed by atoms with Crippen molar-refractivity contribution in [1.82, 2.24) is 0 Å². The van der Waals surface area contributed by atoms with Crippen molar-refractivity contribution in [3.05, 3.63) is 50.3 Å². The summed E-state index contributed by atoms with van der Waals surface area (Å²) < 4.78 is 10.4. The molecule has 0 bridgehead atoms. The molecular weight excluding hydrogens is 343 g/mol. The standard InChI is InChI=1S/C12H7BrCl2O3/c1-17-10-5-8(14)7(4-9(10)15)11(16)6-2-3-18-12(6)13/h2-5H,1H3. The molecule has 0 amide bonds. The van der Waals surface area contributed by atoms with Gasteiger partial charge in [-0.25, -0.2) is 0 Å². The molecule has 0 N–H and O–H groups in total. The van der Waals surface area contributed by atoms with Gasteiger partial charge in [0.1, 0.15) is 5.75 Å². The molecule has 0 aliphatic rings. The zero-order valence-corrected chi connectivity index (χ0v) is 12.3. The van der Waals surface area contributed by atoms with Gasteiger partial charge in [-0.15, -0.1) is 0 Å². The Kier molecular flexibility index (Phi) is 4.00. The first kappa shape index (κ1) is 13.5. The van der Waals surface area contributed by atoms with Crippen molar-refractivity contribution >= 4 is 44.9 Å². The number of halogens is 3. The average Bonchev–Trinajstić information content (AvgIpc) is 2.77. The Morgan fingerprint density at radius 3 is 2.56 bits per heavy atom. The molecule has 94 valence electrons. The Bertz CT molecular complexity index is 607. The Morgan fingerprint density at radius 2 is 2.00 bits per heavy atom. The van der Waals surface area contributed by atoms with Gasteiger partial charge in [0, 0.05) is 11.6 Å². The molecule has 1 heterocycles. The highest BCUT2D eigenvalue weighted by Gasteiger charge is 2.19. The second-order valence-electron chi connectivity index (χ2n) is 3.40. The third kappa shape index (κ3) is 2.41. The smallest absolute Gasteiger partial charge is 0.199 e. The summed E-state index contributed by atoms with van der Waals surface area (Å²) in [6, 6.07) is 4.54. The number of methoxy groups -OCH3 is 1. The van der Waals surface area contributed by atoms with Crippen LogP contribution in [0.5, 0.6) is 5.75 Å². The zero-order valence-electron chi connectivity index (χ0n) is 9.17. The van der Waals surface area contributed by atoms with E-state index in [0.29, 0.717) is 26.6 Å². The molecule has 0 saturated carbocycles. The SMILES string of the molecule is COc1cc(Cl)c(C(=O)c2ccoc2Br)cc1Cl. The highest BCUT2D eigenvalue weighted by molar-refractivity contribution is 9.10. The Morgan fingerprint density at radius 1 is 1.28 bits per heavy atom. The first-order chi connectivity index (χ1) is 8.54. The molecule has 0 fully saturated rings. The molecule has 0 radical (unpaired) electrons. The lowest BCUT2D eigenvalue weighted by atomic mass is 10.1. The first-order valence-electron chi connectivity index (χ1n) is 4.85. The molecule has 18 heavy (non-hydrogen) atoms. The van der Waals surface area contributed by atoms with Crippen LogP contribution in [0.2, 0.25) is 10.0 Å². The van der Waals surface area contributed by atoms with Gasteiger partial charge in [-0.05, 0) is 28.1 Å². The van der Waals surface area contributed by atoms with Gasteiger partial charge in [0.15, 0.2) is 10.5 Å². The van der Waals surface area contributed by atoms with Crippen LogP contribution in [-0.2, 0) is 0 Å². The van der Waals surface area contributed by atoms with Gasteiger partial charge in [-0.1, -0.05) is 23.2 Å². The second-order valence-corrected chi connectivity index (χ2v) is 4.94. The Hall–Kier alpha value is -0.970. The predicted molar refractivity (Wildman–Crippen MR) is 72.9 cm³/mol. The fraction of sp³-hybridized carbons (Fsp3) is 0.0833. The molecule has 2 aromatic rings.